The van der Waals surface area contributed by atoms with Gasteiger partial charge in [0.1, 0.15) is 11.6 Å². The SMILES string of the molecule is Oc1ccc(F)cc1-c1nncnn1. The predicted octanol–water partition coefficient (Wildman–Crippen LogP) is 0.778. The number of aromatic nitrogens is 4. The molecule has 0 saturated carbocycles. The summed E-state index contributed by atoms with van der Waals surface area (Å²) in [6.07, 6.45) is 1.15. The van der Waals surface area contributed by atoms with E-state index in [1.54, 1.807) is 0 Å². The number of hydrogen-bond donors (Lipinski definition) is 1. The van der Waals surface area contributed by atoms with E-state index in [0.29, 0.717) is 0 Å². The Bertz CT molecular complexity index is 448. The van der Waals surface area contributed by atoms with E-state index >= 15 is 0 Å². The van der Waals surface area contributed by atoms with Gasteiger partial charge in [0.2, 0.25) is 5.82 Å². The van der Waals surface area contributed by atoms with Gasteiger partial charge in [0.15, 0.2) is 6.33 Å². The molecule has 1 heterocycles. The fraction of sp³-hybridized carbons (Fsp3) is 0. The molecule has 6 heteroatoms. The third kappa shape index (κ3) is 1.49. The molecular formula is C8H5FN4O. The van der Waals surface area contributed by atoms with Crippen molar-refractivity contribution in [1.82, 2.24) is 20.4 Å². The molecule has 0 aliphatic carbocycles. The second-order valence-corrected chi connectivity index (χ2v) is 2.53. The van der Waals surface area contributed by atoms with Gasteiger partial charge in [0, 0.05) is 0 Å². The van der Waals surface area contributed by atoms with E-state index in [-0.39, 0.29) is 17.1 Å². The van der Waals surface area contributed by atoms with Crippen molar-refractivity contribution >= 4 is 0 Å². The molecule has 1 aromatic carbocycles. The van der Waals surface area contributed by atoms with Crippen molar-refractivity contribution in [2.45, 2.75) is 0 Å². The quantitative estimate of drug-likeness (QED) is 0.722. The van der Waals surface area contributed by atoms with Crippen LogP contribution in [0.2, 0.25) is 0 Å². The summed E-state index contributed by atoms with van der Waals surface area (Å²) in [5, 5.41) is 23.5. The average molecular weight is 192 g/mol. The summed E-state index contributed by atoms with van der Waals surface area (Å²) >= 11 is 0. The number of benzene rings is 1. The zero-order valence-corrected chi connectivity index (χ0v) is 6.92. The first-order valence-corrected chi connectivity index (χ1v) is 3.76. The van der Waals surface area contributed by atoms with Gasteiger partial charge < -0.3 is 5.11 Å². The van der Waals surface area contributed by atoms with Crippen LogP contribution in [0.4, 0.5) is 4.39 Å². The molecule has 0 radical (unpaired) electrons. The lowest BCUT2D eigenvalue weighted by Crippen LogP contribution is -1.94. The third-order valence-corrected chi connectivity index (χ3v) is 1.61. The average Bonchev–Trinajstić information content (AvgIpc) is 2.23. The molecule has 0 unspecified atom stereocenters. The van der Waals surface area contributed by atoms with Gasteiger partial charge in [-0.05, 0) is 18.2 Å². The zero-order chi connectivity index (χ0) is 9.97. The Balaban J connectivity index is 2.57. The molecular weight excluding hydrogens is 187 g/mol. The van der Waals surface area contributed by atoms with Crippen LogP contribution in [0.15, 0.2) is 24.5 Å². The van der Waals surface area contributed by atoms with E-state index < -0.39 is 5.82 Å². The second-order valence-electron chi connectivity index (χ2n) is 2.53. The third-order valence-electron chi connectivity index (χ3n) is 1.61. The Hall–Kier alpha value is -2.11. The van der Waals surface area contributed by atoms with Crippen molar-refractivity contribution in [1.29, 1.82) is 0 Å². The highest BCUT2D eigenvalue weighted by molar-refractivity contribution is 5.62. The Morgan fingerprint density at radius 1 is 1.14 bits per heavy atom. The van der Waals surface area contributed by atoms with Gasteiger partial charge >= 0.3 is 0 Å². The highest BCUT2D eigenvalue weighted by Crippen LogP contribution is 2.25. The Morgan fingerprint density at radius 3 is 2.57 bits per heavy atom. The van der Waals surface area contributed by atoms with Crippen LogP contribution in [0.5, 0.6) is 5.75 Å². The van der Waals surface area contributed by atoms with Crippen molar-refractivity contribution in [2.75, 3.05) is 0 Å². The van der Waals surface area contributed by atoms with Crippen LogP contribution in [-0.4, -0.2) is 25.5 Å². The van der Waals surface area contributed by atoms with Crippen molar-refractivity contribution in [2.24, 2.45) is 0 Å². The molecule has 14 heavy (non-hydrogen) atoms. The fourth-order valence-corrected chi connectivity index (χ4v) is 0.999. The molecule has 0 bridgehead atoms. The van der Waals surface area contributed by atoms with Crippen LogP contribution in [-0.2, 0) is 0 Å². The standard InChI is InChI=1S/C8H5FN4O/c9-5-1-2-7(14)6(3-5)8-12-10-4-11-13-8/h1-4,14H. The molecule has 2 aromatic rings. The number of phenolic OH excluding ortho intramolecular Hbond substituents is 1. The van der Waals surface area contributed by atoms with Crippen molar-refractivity contribution in [3.05, 3.63) is 30.3 Å². The first-order valence-electron chi connectivity index (χ1n) is 3.76. The number of hydrogen-bond acceptors (Lipinski definition) is 5. The molecule has 1 aromatic heterocycles. The molecule has 0 amide bonds. The molecule has 1 N–H and O–H groups in total. The van der Waals surface area contributed by atoms with Gasteiger partial charge in [-0.3, -0.25) is 0 Å². The van der Waals surface area contributed by atoms with Crippen LogP contribution < -0.4 is 0 Å². The largest absolute Gasteiger partial charge is 0.507 e. The molecule has 2 rings (SSSR count). The van der Waals surface area contributed by atoms with Gasteiger partial charge in [0.05, 0.1) is 5.56 Å². The topological polar surface area (TPSA) is 71.8 Å². The minimum absolute atomic E-state index is 0.0875. The van der Waals surface area contributed by atoms with E-state index in [0.717, 1.165) is 18.5 Å². The zero-order valence-electron chi connectivity index (χ0n) is 6.92. The summed E-state index contributed by atoms with van der Waals surface area (Å²) < 4.78 is 12.8. The monoisotopic (exact) mass is 192 g/mol. The lowest BCUT2D eigenvalue weighted by molar-refractivity contribution is 0.474. The van der Waals surface area contributed by atoms with Crippen molar-refractivity contribution in [3.8, 4) is 17.1 Å². The number of nitrogens with zero attached hydrogens (tertiary/aromatic N) is 4. The van der Waals surface area contributed by atoms with Crippen molar-refractivity contribution < 1.29 is 9.50 Å². The fourth-order valence-electron chi connectivity index (χ4n) is 0.999. The summed E-state index contributed by atoms with van der Waals surface area (Å²) in [7, 11) is 0. The minimum Gasteiger partial charge on any atom is -0.507 e. The molecule has 0 aliphatic rings. The Labute approximate surface area is 78.3 Å². The Kier molecular flexibility index (Phi) is 2.02. The van der Waals surface area contributed by atoms with Crippen LogP contribution in [0, 0.1) is 5.82 Å². The predicted molar refractivity (Wildman–Crippen MR) is 44.7 cm³/mol. The van der Waals surface area contributed by atoms with Gasteiger partial charge in [-0.2, -0.15) is 0 Å². The van der Waals surface area contributed by atoms with Crippen LogP contribution in [0.1, 0.15) is 0 Å². The lowest BCUT2D eigenvalue weighted by atomic mass is 10.2. The number of aromatic hydroxyl groups is 1. The van der Waals surface area contributed by atoms with E-state index in [1.165, 1.54) is 6.07 Å². The molecule has 0 atom stereocenters. The number of rotatable bonds is 1. The van der Waals surface area contributed by atoms with Gasteiger partial charge in [-0.25, -0.2) is 4.39 Å². The van der Waals surface area contributed by atoms with E-state index in [1.807, 2.05) is 0 Å². The highest BCUT2D eigenvalue weighted by atomic mass is 19.1. The van der Waals surface area contributed by atoms with E-state index in [9.17, 15) is 9.50 Å². The molecule has 0 spiro atoms. The number of halogens is 1. The maximum atomic E-state index is 12.8. The highest BCUT2D eigenvalue weighted by Gasteiger charge is 2.08. The molecule has 0 aliphatic heterocycles. The van der Waals surface area contributed by atoms with E-state index in [2.05, 4.69) is 20.4 Å². The summed E-state index contributed by atoms with van der Waals surface area (Å²) in [6, 6.07) is 3.48. The molecule has 0 saturated heterocycles. The second kappa shape index (κ2) is 3.33. The molecule has 5 nitrogen and oxygen atoms in total. The molecule has 70 valence electrons. The van der Waals surface area contributed by atoms with Crippen LogP contribution >= 0.6 is 0 Å². The van der Waals surface area contributed by atoms with Gasteiger partial charge in [0.25, 0.3) is 0 Å². The minimum atomic E-state index is -0.481. The first kappa shape index (κ1) is 8.49. The maximum absolute atomic E-state index is 12.8. The number of phenols is 1. The summed E-state index contributed by atoms with van der Waals surface area (Å²) in [4.78, 5) is 0. The molecule has 0 fully saturated rings. The Morgan fingerprint density at radius 2 is 1.86 bits per heavy atom. The van der Waals surface area contributed by atoms with Gasteiger partial charge in [-0.1, -0.05) is 0 Å². The van der Waals surface area contributed by atoms with Crippen LogP contribution in [0.3, 0.4) is 0 Å². The lowest BCUT2D eigenvalue weighted by Gasteiger charge is -2.00. The summed E-state index contributed by atoms with van der Waals surface area (Å²) in [6.45, 7) is 0. The first-order chi connectivity index (χ1) is 6.77. The summed E-state index contributed by atoms with van der Waals surface area (Å²) in [5.41, 5.74) is 0.172. The van der Waals surface area contributed by atoms with E-state index in [4.69, 9.17) is 0 Å². The van der Waals surface area contributed by atoms with Crippen molar-refractivity contribution in [3.63, 3.8) is 0 Å². The van der Waals surface area contributed by atoms with Crippen LogP contribution in [0.25, 0.3) is 11.4 Å². The normalized spacial score (nSPS) is 10.1. The maximum Gasteiger partial charge on any atom is 0.207 e. The van der Waals surface area contributed by atoms with Gasteiger partial charge in [-0.15, -0.1) is 20.4 Å². The summed E-state index contributed by atoms with van der Waals surface area (Å²) in [5.74, 6) is -0.504. The smallest absolute Gasteiger partial charge is 0.207 e.